The molecule has 1 aliphatic carbocycles. The Kier molecular flexibility index (Phi) is 4.62. The SMILES string of the molecule is C/C(=C\NC(=O)Nc1ccc(Oc2ccccc2)cc1)C1CC1. The fourth-order valence-corrected chi connectivity index (χ4v) is 2.23. The van der Waals surface area contributed by atoms with Gasteiger partial charge in [0.05, 0.1) is 0 Å². The largest absolute Gasteiger partial charge is 0.457 e. The first-order valence-electron chi connectivity index (χ1n) is 7.78. The van der Waals surface area contributed by atoms with Crippen molar-refractivity contribution in [2.45, 2.75) is 19.8 Å². The lowest BCUT2D eigenvalue weighted by molar-refractivity contribution is 0.255. The molecule has 0 saturated heterocycles. The molecule has 0 unspecified atom stereocenters. The predicted molar refractivity (Wildman–Crippen MR) is 91.6 cm³/mol. The van der Waals surface area contributed by atoms with E-state index in [1.165, 1.54) is 18.4 Å². The Bertz CT molecular complexity index is 689. The van der Waals surface area contributed by atoms with Crippen molar-refractivity contribution in [1.82, 2.24) is 5.32 Å². The highest BCUT2D eigenvalue weighted by Crippen LogP contribution is 2.35. The number of para-hydroxylation sites is 1. The Morgan fingerprint density at radius 2 is 1.70 bits per heavy atom. The number of rotatable bonds is 5. The summed E-state index contributed by atoms with van der Waals surface area (Å²) < 4.78 is 5.71. The molecule has 118 valence electrons. The molecule has 2 amide bonds. The van der Waals surface area contributed by atoms with Crippen LogP contribution in [0.25, 0.3) is 0 Å². The Balaban J connectivity index is 1.52. The van der Waals surface area contributed by atoms with Crippen molar-refractivity contribution in [2.75, 3.05) is 5.32 Å². The van der Waals surface area contributed by atoms with E-state index in [2.05, 4.69) is 10.6 Å². The minimum Gasteiger partial charge on any atom is -0.457 e. The van der Waals surface area contributed by atoms with Crippen LogP contribution in [-0.4, -0.2) is 6.03 Å². The summed E-state index contributed by atoms with van der Waals surface area (Å²) >= 11 is 0. The third-order valence-corrected chi connectivity index (χ3v) is 3.74. The average Bonchev–Trinajstić information content (AvgIpc) is 3.40. The smallest absolute Gasteiger partial charge is 0.323 e. The van der Waals surface area contributed by atoms with Gasteiger partial charge in [-0.2, -0.15) is 0 Å². The van der Waals surface area contributed by atoms with Crippen LogP contribution in [0.5, 0.6) is 11.5 Å². The quantitative estimate of drug-likeness (QED) is 0.824. The molecule has 1 aliphatic rings. The molecule has 2 N–H and O–H groups in total. The maximum absolute atomic E-state index is 11.8. The summed E-state index contributed by atoms with van der Waals surface area (Å²) in [5.74, 6) is 2.17. The summed E-state index contributed by atoms with van der Waals surface area (Å²) in [6, 6.07) is 16.6. The molecule has 0 atom stereocenters. The van der Waals surface area contributed by atoms with E-state index in [-0.39, 0.29) is 6.03 Å². The highest BCUT2D eigenvalue weighted by atomic mass is 16.5. The van der Waals surface area contributed by atoms with Gasteiger partial charge >= 0.3 is 6.03 Å². The molecule has 4 heteroatoms. The molecule has 0 bridgehead atoms. The van der Waals surface area contributed by atoms with Crippen molar-refractivity contribution in [1.29, 1.82) is 0 Å². The molecule has 0 heterocycles. The van der Waals surface area contributed by atoms with Gasteiger partial charge in [-0.05, 0) is 62.1 Å². The first-order valence-corrected chi connectivity index (χ1v) is 7.78. The van der Waals surface area contributed by atoms with Crippen LogP contribution < -0.4 is 15.4 Å². The molecular weight excluding hydrogens is 288 g/mol. The standard InChI is InChI=1S/C19H20N2O2/c1-14(15-7-8-15)13-20-19(22)21-16-9-11-18(12-10-16)23-17-5-3-2-4-6-17/h2-6,9-13,15H,7-8H2,1H3,(H2,20,21,22)/b14-13+. The van der Waals surface area contributed by atoms with Crippen LogP contribution in [0, 0.1) is 5.92 Å². The molecule has 2 aromatic rings. The molecule has 0 radical (unpaired) electrons. The second-order valence-electron chi connectivity index (χ2n) is 5.70. The molecule has 3 rings (SSSR count). The summed E-state index contributed by atoms with van der Waals surface area (Å²) in [4.78, 5) is 11.8. The van der Waals surface area contributed by atoms with Gasteiger partial charge in [0.2, 0.25) is 0 Å². The second kappa shape index (κ2) is 7.01. The van der Waals surface area contributed by atoms with E-state index in [9.17, 15) is 4.79 Å². The van der Waals surface area contributed by atoms with Crippen molar-refractivity contribution in [3.63, 3.8) is 0 Å². The van der Waals surface area contributed by atoms with Crippen molar-refractivity contribution in [2.24, 2.45) is 5.92 Å². The normalized spacial score (nSPS) is 14.2. The van der Waals surface area contributed by atoms with Crippen molar-refractivity contribution in [3.8, 4) is 11.5 Å². The van der Waals surface area contributed by atoms with Gasteiger partial charge < -0.3 is 15.4 Å². The number of amides is 2. The number of carbonyl (C=O) groups is 1. The molecule has 1 fully saturated rings. The van der Waals surface area contributed by atoms with E-state index in [1.807, 2.05) is 61.5 Å². The fraction of sp³-hybridized carbons (Fsp3) is 0.211. The van der Waals surface area contributed by atoms with E-state index in [4.69, 9.17) is 4.74 Å². The zero-order valence-corrected chi connectivity index (χ0v) is 13.1. The third kappa shape index (κ3) is 4.61. The van der Waals surface area contributed by atoms with Crippen LogP contribution in [-0.2, 0) is 0 Å². The number of allylic oxidation sites excluding steroid dienone is 1. The summed E-state index contributed by atoms with van der Waals surface area (Å²) in [6.45, 7) is 2.05. The maximum atomic E-state index is 11.8. The van der Waals surface area contributed by atoms with Crippen LogP contribution in [0.15, 0.2) is 66.4 Å². The lowest BCUT2D eigenvalue weighted by atomic mass is 10.2. The van der Waals surface area contributed by atoms with Gasteiger partial charge in [0, 0.05) is 11.9 Å². The molecule has 0 spiro atoms. The number of urea groups is 1. The zero-order valence-electron chi connectivity index (χ0n) is 13.1. The summed E-state index contributed by atoms with van der Waals surface area (Å²) in [6.07, 6.45) is 4.25. The molecule has 2 aromatic carbocycles. The zero-order chi connectivity index (χ0) is 16.1. The van der Waals surface area contributed by atoms with E-state index in [0.717, 1.165) is 17.2 Å². The number of ether oxygens (including phenoxy) is 1. The van der Waals surface area contributed by atoms with Gasteiger partial charge in [0.15, 0.2) is 0 Å². The number of carbonyl (C=O) groups excluding carboxylic acids is 1. The molecule has 1 saturated carbocycles. The van der Waals surface area contributed by atoms with Crippen LogP contribution in [0.1, 0.15) is 19.8 Å². The average molecular weight is 308 g/mol. The van der Waals surface area contributed by atoms with Crippen LogP contribution in [0.2, 0.25) is 0 Å². The molecular formula is C19H20N2O2. The minimum atomic E-state index is -0.235. The van der Waals surface area contributed by atoms with E-state index >= 15 is 0 Å². The maximum Gasteiger partial charge on any atom is 0.323 e. The van der Waals surface area contributed by atoms with Crippen molar-refractivity contribution >= 4 is 11.7 Å². The Morgan fingerprint density at radius 3 is 2.35 bits per heavy atom. The van der Waals surface area contributed by atoms with Crippen molar-refractivity contribution in [3.05, 3.63) is 66.4 Å². The monoisotopic (exact) mass is 308 g/mol. The first kappa shape index (κ1) is 15.2. The highest BCUT2D eigenvalue weighted by molar-refractivity contribution is 5.89. The summed E-state index contributed by atoms with van der Waals surface area (Å²) in [7, 11) is 0. The van der Waals surface area contributed by atoms with Crippen molar-refractivity contribution < 1.29 is 9.53 Å². The number of nitrogens with one attached hydrogen (secondary N) is 2. The lowest BCUT2D eigenvalue weighted by Crippen LogP contribution is -2.24. The fourth-order valence-electron chi connectivity index (χ4n) is 2.23. The van der Waals surface area contributed by atoms with E-state index in [1.54, 1.807) is 6.20 Å². The predicted octanol–water partition coefficient (Wildman–Crippen LogP) is 4.91. The van der Waals surface area contributed by atoms with Gasteiger partial charge in [-0.3, -0.25) is 0 Å². The minimum absolute atomic E-state index is 0.235. The van der Waals surface area contributed by atoms with Crippen LogP contribution >= 0.6 is 0 Å². The van der Waals surface area contributed by atoms with Crippen LogP contribution in [0.3, 0.4) is 0 Å². The van der Waals surface area contributed by atoms with Gasteiger partial charge in [0.1, 0.15) is 11.5 Å². The highest BCUT2D eigenvalue weighted by Gasteiger charge is 2.22. The Hall–Kier alpha value is -2.75. The molecule has 23 heavy (non-hydrogen) atoms. The summed E-state index contributed by atoms with van der Waals surface area (Å²) in [5, 5.41) is 5.56. The topological polar surface area (TPSA) is 50.4 Å². The molecule has 0 aliphatic heterocycles. The van der Waals surface area contributed by atoms with Gasteiger partial charge in [-0.25, -0.2) is 4.79 Å². The van der Waals surface area contributed by atoms with E-state index in [0.29, 0.717) is 5.92 Å². The van der Waals surface area contributed by atoms with E-state index < -0.39 is 0 Å². The number of hydrogen-bond acceptors (Lipinski definition) is 2. The Morgan fingerprint density at radius 1 is 1.04 bits per heavy atom. The van der Waals surface area contributed by atoms with Gasteiger partial charge in [-0.15, -0.1) is 0 Å². The third-order valence-electron chi connectivity index (χ3n) is 3.74. The number of hydrogen-bond donors (Lipinski definition) is 2. The molecule has 0 aromatic heterocycles. The Labute approximate surface area is 136 Å². The lowest BCUT2D eigenvalue weighted by Gasteiger charge is -2.08. The summed E-state index contributed by atoms with van der Waals surface area (Å²) in [5.41, 5.74) is 1.95. The number of anilines is 1. The van der Waals surface area contributed by atoms with Gasteiger partial charge in [0.25, 0.3) is 0 Å². The molecule has 4 nitrogen and oxygen atoms in total. The first-order chi connectivity index (χ1) is 11.2. The second-order valence-corrected chi connectivity index (χ2v) is 5.70. The van der Waals surface area contributed by atoms with Crippen LogP contribution in [0.4, 0.5) is 10.5 Å². The number of benzene rings is 2. The van der Waals surface area contributed by atoms with Gasteiger partial charge in [-0.1, -0.05) is 23.8 Å².